The third kappa shape index (κ3) is 5.96. The summed E-state index contributed by atoms with van der Waals surface area (Å²) in [6.45, 7) is 13.4. The van der Waals surface area contributed by atoms with E-state index in [0.717, 1.165) is 36.5 Å². The molecular formula is C21H33BrN4O. The quantitative estimate of drug-likeness (QED) is 0.529. The molecule has 1 fully saturated rings. The van der Waals surface area contributed by atoms with E-state index in [1.54, 1.807) is 0 Å². The van der Waals surface area contributed by atoms with Gasteiger partial charge < -0.3 is 15.5 Å². The number of carbonyl (C=O) groups excluding carboxylic acids is 1. The predicted octanol–water partition coefficient (Wildman–Crippen LogP) is 3.54. The van der Waals surface area contributed by atoms with Crippen molar-refractivity contribution in [1.82, 2.24) is 15.5 Å². The molecule has 6 heteroatoms. The fraction of sp³-hybridized carbons (Fsp3) is 0.619. The van der Waals surface area contributed by atoms with Gasteiger partial charge in [0.1, 0.15) is 0 Å². The second-order valence-electron chi connectivity index (χ2n) is 8.13. The lowest BCUT2D eigenvalue weighted by molar-refractivity contribution is -0.133. The van der Waals surface area contributed by atoms with Gasteiger partial charge in [-0.2, -0.15) is 0 Å². The zero-order chi connectivity index (χ0) is 20.0. The van der Waals surface area contributed by atoms with E-state index in [1.807, 2.05) is 24.8 Å². The minimum atomic E-state index is -0.0856. The summed E-state index contributed by atoms with van der Waals surface area (Å²) in [4.78, 5) is 19.0. The van der Waals surface area contributed by atoms with Crippen LogP contribution in [0.1, 0.15) is 46.6 Å². The van der Waals surface area contributed by atoms with Crippen LogP contribution in [0.15, 0.2) is 33.7 Å². The van der Waals surface area contributed by atoms with Crippen molar-refractivity contribution in [3.63, 3.8) is 0 Å². The van der Waals surface area contributed by atoms with Gasteiger partial charge in [-0.15, -0.1) is 0 Å². The molecule has 0 aliphatic carbocycles. The van der Waals surface area contributed by atoms with E-state index in [4.69, 9.17) is 4.99 Å². The normalized spacial score (nSPS) is 18.1. The van der Waals surface area contributed by atoms with Crippen LogP contribution in [0.5, 0.6) is 0 Å². The van der Waals surface area contributed by atoms with Crippen LogP contribution in [-0.4, -0.2) is 49.0 Å². The van der Waals surface area contributed by atoms with Crippen LogP contribution in [0.25, 0.3) is 0 Å². The van der Waals surface area contributed by atoms with Crippen molar-refractivity contribution in [2.24, 2.45) is 10.9 Å². The van der Waals surface area contributed by atoms with Crippen molar-refractivity contribution in [3.8, 4) is 0 Å². The van der Waals surface area contributed by atoms with E-state index < -0.39 is 0 Å². The number of amides is 1. The molecule has 1 atom stereocenters. The van der Waals surface area contributed by atoms with Crippen molar-refractivity contribution in [2.45, 2.75) is 52.5 Å². The van der Waals surface area contributed by atoms with Gasteiger partial charge in [0.05, 0.1) is 6.54 Å². The molecule has 1 heterocycles. The Bertz CT molecular complexity index is 672. The first-order valence-corrected chi connectivity index (χ1v) is 10.6. The van der Waals surface area contributed by atoms with Gasteiger partial charge in [0.25, 0.3) is 0 Å². The molecule has 0 radical (unpaired) electrons. The molecule has 0 bridgehead atoms. The van der Waals surface area contributed by atoms with Gasteiger partial charge in [-0.25, -0.2) is 0 Å². The number of rotatable bonds is 6. The van der Waals surface area contributed by atoms with Crippen LogP contribution in [0.4, 0.5) is 0 Å². The molecule has 1 amide bonds. The molecule has 1 aromatic carbocycles. The number of halogens is 1. The number of hydrogen-bond donors (Lipinski definition) is 2. The molecule has 1 saturated heterocycles. The van der Waals surface area contributed by atoms with Gasteiger partial charge in [0, 0.05) is 41.5 Å². The van der Waals surface area contributed by atoms with Crippen molar-refractivity contribution < 1.29 is 4.79 Å². The van der Waals surface area contributed by atoms with Crippen molar-refractivity contribution in [2.75, 3.05) is 26.2 Å². The van der Waals surface area contributed by atoms with Crippen LogP contribution in [0.3, 0.4) is 0 Å². The van der Waals surface area contributed by atoms with Gasteiger partial charge in [0.2, 0.25) is 5.91 Å². The van der Waals surface area contributed by atoms with E-state index >= 15 is 0 Å². The number of benzene rings is 1. The predicted molar refractivity (Wildman–Crippen MR) is 116 cm³/mol. The maximum Gasteiger partial charge on any atom is 0.225 e. The average molecular weight is 437 g/mol. The van der Waals surface area contributed by atoms with Crippen LogP contribution in [0, 0.1) is 5.92 Å². The fourth-order valence-corrected chi connectivity index (χ4v) is 4.15. The van der Waals surface area contributed by atoms with Crippen LogP contribution >= 0.6 is 15.9 Å². The average Bonchev–Trinajstić information content (AvgIpc) is 3.08. The summed E-state index contributed by atoms with van der Waals surface area (Å²) < 4.78 is 1.11. The third-order valence-corrected chi connectivity index (χ3v) is 5.61. The Balaban J connectivity index is 2.02. The smallest absolute Gasteiger partial charge is 0.225 e. The Hall–Kier alpha value is -1.56. The summed E-state index contributed by atoms with van der Waals surface area (Å²) in [5.41, 5.74) is 1.16. The summed E-state index contributed by atoms with van der Waals surface area (Å²) in [6.07, 6.45) is 0.955. The molecule has 0 saturated carbocycles. The lowest BCUT2D eigenvalue weighted by Crippen LogP contribution is -2.45. The Morgan fingerprint density at radius 2 is 2.07 bits per heavy atom. The molecule has 0 aromatic heterocycles. The molecule has 1 unspecified atom stereocenters. The van der Waals surface area contributed by atoms with Gasteiger partial charge in [-0.3, -0.25) is 9.79 Å². The highest BCUT2D eigenvalue weighted by Gasteiger charge is 2.28. The van der Waals surface area contributed by atoms with Crippen LogP contribution in [0.2, 0.25) is 0 Å². The molecule has 1 aromatic rings. The molecule has 1 aliphatic rings. The standard InChI is InChI=1S/C21H33BrN4O/c1-6-23-20(25-16-11-12-26(13-16)19(27)15(2)3)24-14-21(4,5)17-9-7-8-10-18(17)22/h7-10,15-16H,6,11-14H2,1-5H3,(H2,23,24,25). The van der Waals surface area contributed by atoms with E-state index in [1.165, 1.54) is 5.56 Å². The maximum absolute atomic E-state index is 12.2. The largest absolute Gasteiger partial charge is 0.357 e. The summed E-state index contributed by atoms with van der Waals surface area (Å²) >= 11 is 3.66. The maximum atomic E-state index is 12.2. The number of carbonyl (C=O) groups is 1. The zero-order valence-electron chi connectivity index (χ0n) is 17.2. The summed E-state index contributed by atoms with van der Waals surface area (Å²) in [5, 5.41) is 6.85. The first-order chi connectivity index (χ1) is 12.7. The van der Waals surface area contributed by atoms with E-state index in [0.29, 0.717) is 6.54 Å². The molecular weight excluding hydrogens is 404 g/mol. The van der Waals surface area contributed by atoms with Gasteiger partial charge in [0.15, 0.2) is 5.96 Å². The van der Waals surface area contributed by atoms with Crippen LogP contribution < -0.4 is 10.6 Å². The molecule has 5 nitrogen and oxygen atoms in total. The van der Waals surface area contributed by atoms with Gasteiger partial charge >= 0.3 is 0 Å². The molecule has 2 N–H and O–H groups in total. The summed E-state index contributed by atoms with van der Waals surface area (Å²) in [7, 11) is 0. The Labute approximate surface area is 172 Å². The summed E-state index contributed by atoms with van der Waals surface area (Å²) in [5.74, 6) is 1.11. The van der Waals surface area contributed by atoms with Crippen molar-refractivity contribution in [3.05, 3.63) is 34.3 Å². The van der Waals surface area contributed by atoms with Gasteiger partial charge in [-0.1, -0.05) is 61.8 Å². The number of nitrogens with zero attached hydrogens (tertiary/aromatic N) is 2. The Morgan fingerprint density at radius 1 is 1.37 bits per heavy atom. The molecule has 150 valence electrons. The highest BCUT2D eigenvalue weighted by Crippen LogP contribution is 2.30. The second-order valence-corrected chi connectivity index (χ2v) is 8.98. The zero-order valence-corrected chi connectivity index (χ0v) is 18.8. The number of likely N-dealkylation sites (tertiary alicyclic amines) is 1. The summed E-state index contributed by atoms with van der Waals surface area (Å²) in [6, 6.07) is 8.56. The highest BCUT2D eigenvalue weighted by atomic mass is 79.9. The van der Waals surface area contributed by atoms with E-state index in [-0.39, 0.29) is 23.3 Å². The van der Waals surface area contributed by atoms with E-state index in [2.05, 4.69) is 65.5 Å². The van der Waals surface area contributed by atoms with Crippen LogP contribution in [-0.2, 0) is 10.2 Å². The Morgan fingerprint density at radius 3 is 2.70 bits per heavy atom. The minimum Gasteiger partial charge on any atom is -0.357 e. The first kappa shape index (κ1) is 21.7. The molecule has 0 spiro atoms. The molecule has 27 heavy (non-hydrogen) atoms. The third-order valence-electron chi connectivity index (χ3n) is 4.91. The SMILES string of the molecule is CCNC(=NCC(C)(C)c1ccccc1Br)NC1CCN(C(=O)C(C)C)C1. The second kappa shape index (κ2) is 9.58. The Kier molecular flexibility index (Phi) is 7.71. The lowest BCUT2D eigenvalue weighted by atomic mass is 9.85. The minimum absolute atomic E-state index is 0.0516. The lowest BCUT2D eigenvalue weighted by Gasteiger charge is -2.26. The highest BCUT2D eigenvalue weighted by molar-refractivity contribution is 9.10. The molecule has 1 aliphatic heterocycles. The number of guanidine groups is 1. The number of hydrogen-bond acceptors (Lipinski definition) is 2. The van der Waals surface area contributed by atoms with Crippen molar-refractivity contribution in [1.29, 1.82) is 0 Å². The van der Waals surface area contributed by atoms with Crippen molar-refractivity contribution >= 4 is 27.8 Å². The number of nitrogens with one attached hydrogen (secondary N) is 2. The topological polar surface area (TPSA) is 56.7 Å². The molecule has 2 rings (SSSR count). The number of aliphatic imine (C=N–C) groups is 1. The van der Waals surface area contributed by atoms with E-state index in [9.17, 15) is 4.79 Å². The monoisotopic (exact) mass is 436 g/mol. The van der Waals surface area contributed by atoms with Gasteiger partial charge in [-0.05, 0) is 25.0 Å². The first-order valence-electron chi connectivity index (χ1n) is 9.83. The fourth-order valence-electron chi connectivity index (χ4n) is 3.33.